The molecule has 0 aromatic heterocycles. The van der Waals surface area contributed by atoms with E-state index >= 15 is 0 Å². The summed E-state index contributed by atoms with van der Waals surface area (Å²) in [5.41, 5.74) is 2.97. The summed E-state index contributed by atoms with van der Waals surface area (Å²) in [6.07, 6.45) is 2.35. The van der Waals surface area contributed by atoms with Crippen molar-refractivity contribution in [2.75, 3.05) is 5.32 Å². The Morgan fingerprint density at radius 3 is 2.86 bits per heavy atom. The summed E-state index contributed by atoms with van der Waals surface area (Å²) in [5, 5.41) is 5.92. The molecular formula is C16H19N3O2S. The van der Waals surface area contributed by atoms with Crippen molar-refractivity contribution >= 4 is 34.4 Å². The van der Waals surface area contributed by atoms with Crippen LogP contribution in [0.3, 0.4) is 0 Å². The zero-order valence-corrected chi connectivity index (χ0v) is 13.5. The van der Waals surface area contributed by atoms with Gasteiger partial charge in [-0.3, -0.25) is 14.6 Å². The summed E-state index contributed by atoms with van der Waals surface area (Å²) < 4.78 is 0. The van der Waals surface area contributed by atoms with E-state index in [1.807, 2.05) is 32.0 Å². The zero-order chi connectivity index (χ0) is 15.7. The maximum Gasteiger partial charge on any atom is 0.240 e. The number of carbonyl (C=O) groups is 2. The van der Waals surface area contributed by atoms with Crippen LogP contribution >= 0.6 is 11.8 Å². The van der Waals surface area contributed by atoms with E-state index in [0.29, 0.717) is 11.2 Å². The minimum Gasteiger partial charge on any atom is -0.326 e. The number of carbonyl (C=O) groups excluding carboxylic acids is 2. The number of hydrogen-bond donors (Lipinski definition) is 2. The first-order valence-corrected chi connectivity index (χ1v) is 8.31. The van der Waals surface area contributed by atoms with Gasteiger partial charge in [-0.15, -0.1) is 0 Å². The number of nitrogens with one attached hydrogen (secondary N) is 2. The highest BCUT2D eigenvalue weighted by Crippen LogP contribution is 2.29. The molecule has 1 saturated heterocycles. The van der Waals surface area contributed by atoms with Gasteiger partial charge >= 0.3 is 0 Å². The Morgan fingerprint density at radius 1 is 1.41 bits per heavy atom. The normalized spacial score (nSPS) is 22.7. The average Bonchev–Trinajstić information content (AvgIpc) is 3.18. The molecule has 1 heterocycles. The molecule has 0 bridgehead atoms. The fraction of sp³-hybridized carbons (Fsp3) is 0.438. The standard InChI is InChI=1S/C16H19N3O2S/c1-9-3-6-12(10(2)7-9)18-14(20)8-13-15(21)19-16(22-13)17-11-4-5-11/h3,6-7,11,13H,4-5,8H2,1-2H3,(H,18,20)(H,17,19,21)/t13-/m1/s1. The highest BCUT2D eigenvalue weighted by atomic mass is 32.2. The third-order valence-corrected chi connectivity index (χ3v) is 4.75. The van der Waals surface area contributed by atoms with Gasteiger partial charge in [0.25, 0.3) is 0 Å². The zero-order valence-electron chi connectivity index (χ0n) is 12.7. The predicted molar refractivity (Wildman–Crippen MR) is 89.1 cm³/mol. The van der Waals surface area contributed by atoms with Crippen LogP contribution in [-0.4, -0.2) is 28.3 Å². The molecule has 1 saturated carbocycles. The Bertz CT molecular complexity index is 653. The molecule has 1 atom stereocenters. The molecule has 3 rings (SSSR count). The third kappa shape index (κ3) is 3.68. The van der Waals surface area contributed by atoms with Crippen LogP contribution in [0.15, 0.2) is 23.2 Å². The van der Waals surface area contributed by atoms with Crippen LogP contribution in [0.1, 0.15) is 30.4 Å². The van der Waals surface area contributed by atoms with Crippen molar-refractivity contribution in [3.63, 3.8) is 0 Å². The van der Waals surface area contributed by atoms with E-state index in [2.05, 4.69) is 15.6 Å². The molecule has 5 nitrogen and oxygen atoms in total. The Hall–Kier alpha value is -1.82. The molecule has 116 valence electrons. The first-order valence-electron chi connectivity index (χ1n) is 7.43. The smallest absolute Gasteiger partial charge is 0.240 e. The SMILES string of the molecule is Cc1ccc(NC(=O)C[C@H]2SC(=NC3CC3)NC2=O)c(C)c1. The molecule has 6 heteroatoms. The minimum absolute atomic E-state index is 0.125. The van der Waals surface area contributed by atoms with Gasteiger partial charge in [-0.25, -0.2) is 0 Å². The van der Waals surface area contributed by atoms with Crippen molar-refractivity contribution in [3.05, 3.63) is 29.3 Å². The number of thioether (sulfide) groups is 1. The number of rotatable bonds is 4. The Labute approximate surface area is 134 Å². The molecule has 2 N–H and O–H groups in total. The van der Waals surface area contributed by atoms with Crippen LogP contribution in [0.4, 0.5) is 5.69 Å². The highest BCUT2D eigenvalue weighted by Gasteiger charge is 2.33. The van der Waals surface area contributed by atoms with Gasteiger partial charge in [0.15, 0.2) is 5.17 Å². The summed E-state index contributed by atoms with van der Waals surface area (Å²) in [6.45, 7) is 3.97. The predicted octanol–water partition coefficient (Wildman–Crippen LogP) is 2.38. The molecule has 0 spiro atoms. The van der Waals surface area contributed by atoms with Gasteiger partial charge in [-0.05, 0) is 38.3 Å². The van der Waals surface area contributed by atoms with Crippen LogP contribution < -0.4 is 10.6 Å². The summed E-state index contributed by atoms with van der Waals surface area (Å²) in [4.78, 5) is 28.5. The van der Waals surface area contributed by atoms with E-state index in [4.69, 9.17) is 0 Å². The molecule has 2 aliphatic rings. The summed E-state index contributed by atoms with van der Waals surface area (Å²) in [7, 11) is 0. The van der Waals surface area contributed by atoms with E-state index in [1.165, 1.54) is 11.8 Å². The third-order valence-electron chi connectivity index (χ3n) is 3.65. The van der Waals surface area contributed by atoms with Crippen molar-refractivity contribution in [2.45, 2.75) is 44.4 Å². The lowest BCUT2D eigenvalue weighted by Crippen LogP contribution is -2.28. The summed E-state index contributed by atoms with van der Waals surface area (Å²) in [5.74, 6) is -0.271. The second-order valence-electron chi connectivity index (χ2n) is 5.83. The van der Waals surface area contributed by atoms with Crippen molar-refractivity contribution < 1.29 is 9.59 Å². The van der Waals surface area contributed by atoms with Crippen LogP contribution in [0.5, 0.6) is 0 Å². The molecule has 0 radical (unpaired) electrons. The first-order chi connectivity index (χ1) is 10.5. The molecule has 1 aromatic carbocycles. The van der Waals surface area contributed by atoms with Gasteiger partial charge in [0.1, 0.15) is 5.25 Å². The number of amidine groups is 1. The van der Waals surface area contributed by atoms with E-state index in [0.717, 1.165) is 29.7 Å². The minimum atomic E-state index is -0.386. The summed E-state index contributed by atoms with van der Waals surface area (Å²) >= 11 is 1.36. The van der Waals surface area contributed by atoms with Crippen LogP contribution in [0.25, 0.3) is 0 Å². The van der Waals surface area contributed by atoms with Gasteiger partial charge in [-0.1, -0.05) is 29.5 Å². The molecular weight excluding hydrogens is 298 g/mol. The Kier molecular flexibility index (Phi) is 4.20. The lowest BCUT2D eigenvalue weighted by Gasteiger charge is -2.10. The quantitative estimate of drug-likeness (QED) is 0.896. The molecule has 2 amide bonds. The van der Waals surface area contributed by atoms with E-state index in [9.17, 15) is 9.59 Å². The lowest BCUT2D eigenvalue weighted by atomic mass is 10.1. The Morgan fingerprint density at radius 2 is 2.18 bits per heavy atom. The van der Waals surface area contributed by atoms with Crippen molar-refractivity contribution in [2.24, 2.45) is 4.99 Å². The topological polar surface area (TPSA) is 70.6 Å². The number of hydrogen-bond acceptors (Lipinski definition) is 4. The number of nitrogens with zero attached hydrogens (tertiary/aromatic N) is 1. The second kappa shape index (κ2) is 6.12. The number of aryl methyl sites for hydroxylation is 2. The largest absolute Gasteiger partial charge is 0.326 e. The fourth-order valence-corrected chi connectivity index (χ4v) is 3.33. The molecule has 1 aliphatic carbocycles. The number of anilines is 1. The summed E-state index contributed by atoms with van der Waals surface area (Å²) in [6, 6.07) is 6.24. The van der Waals surface area contributed by atoms with Gasteiger partial charge in [0.2, 0.25) is 11.8 Å². The van der Waals surface area contributed by atoms with Gasteiger partial charge in [0, 0.05) is 12.1 Å². The molecule has 22 heavy (non-hydrogen) atoms. The van der Waals surface area contributed by atoms with Crippen molar-refractivity contribution in [3.8, 4) is 0 Å². The van der Waals surface area contributed by atoms with Crippen LogP contribution in [-0.2, 0) is 9.59 Å². The maximum absolute atomic E-state index is 12.1. The molecule has 1 aromatic rings. The fourth-order valence-electron chi connectivity index (χ4n) is 2.29. The monoisotopic (exact) mass is 317 g/mol. The number of aliphatic imine (C=N–C) groups is 1. The van der Waals surface area contributed by atoms with Crippen molar-refractivity contribution in [1.82, 2.24) is 5.32 Å². The first kappa shape index (κ1) is 15.1. The number of amides is 2. The van der Waals surface area contributed by atoms with Gasteiger partial charge < -0.3 is 10.6 Å². The molecule has 2 fully saturated rings. The van der Waals surface area contributed by atoms with E-state index in [1.54, 1.807) is 0 Å². The van der Waals surface area contributed by atoms with Gasteiger partial charge in [-0.2, -0.15) is 0 Å². The number of benzene rings is 1. The maximum atomic E-state index is 12.1. The Balaban J connectivity index is 1.58. The molecule has 0 unspecified atom stereocenters. The molecule has 1 aliphatic heterocycles. The highest BCUT2D eigenvalue weighted by molar-refractivity contribution is 8.15. The van der Waals surface area contributed by atoms with Crippen molar-refractivity contribution in [1.29, 1.82) is 0 Å². The van der Waals surface area contributed by atoms with Crippen LogP contribution in [0, 0.1) is 13.8 Å². The van der Waals surface area contributed by atoms with E-state index < -0.39 is 0 Å². The second-order valence-corrected chi connectivity index (χ2v) is 7.02. The lowest BCUT2D eigenvalue weighted by molar-refractivity contribution is -0.122. The van der Waals surface area contributed by atoms with Crippen LogP contribution in [0.2, 0.25) is 0 Å². The van der Waals surface area contributed by atoms with E-state index in [-0.39, 0.29) is 23.5 Å². The average molecular weight is 317 g/mol. The van der Waals surface area contributed by atoms with Gasteiger partial charge in [0.05, 0.1) is 6.04 Å².